The SMILES string of the molecule is Cc1ccc(Nc2c(C(=O)O)cc(Cl)c(F)c2F)c(C)c1. The molecule has 2 aromatic carbocycles. The van der Waals surface area contributed by atoms with Crippen LogP contribution >= 0.6 is 11.6 Å². The van der Waals surface area contributed by atoms with Crippen molar-refractivity contribution in [1.82, 2.24) is 0 Å². The predicted molar refractivity (Wildman–Crippen MR) is 77.5 cm³/mol. The number of benzene rings is 2. The van der Waals surface area contributed by atoms with E-state index >= 15 is 0 Å². The zero-order valence-corrected chi connectivity index (χ0v) is 12.1. The molecule has 0 atom stereocenters. The zero-order chi connectivity index (χ0) is 15.7. The summed E-state index contributed by atoms with van der Waals surface area (Å²) in [7, 11) is 0. The van der Waals surface area contributed by atoms with Crippen LogP contribution in [0.1, 0.15) is 21.5 Å². The number of aryl methyl sites for hydroxylation is 2. The molecular weight excluding hydrogens is 300 g/mol. The lowest BCUT2D eigenvalue weighted by atomic mass is 10.1. The van der Waals surface area contributed by atoms with Gasteiger partial charge in [0.1, 0.15) is 0 Å². The van der Waals surface area contributed by atoms with Gasteiger partial charge in [-0.15, -0.1) is 0 Å². The Balaban J connectivity index is 2.57. The Labute approximate surface area is 125 Å². The van der Waals surface area contributed by atoms with Gasteiger partial charge in [0.2, 0.25) is 0 Å². The third kappa shape index (κ3) is 2.97. The van der Waals surface area contributed by atoms with E-state index in [9.17, 15) is 13.6 Å². The van der Waals surface area contributed by atoms with Crippen molar-refractivity contribution in [3.05, 3.63) is 57.6 Å². The van der Waals surface area contributed by atoms with Crippen molar-refractivity contribution in [2.75, 3.05) is 5.32 Å². The summed E-state index contributed by atoms with van der Waals surface area (Å²) in [6.45, 7) is 3.67. The maximum atomic E-state index is 14.0. The number of halogens is 3. The quantitative estimate of drug-likeness (QED) is 0.809. The molecule has 3 nitrogen and oxygen atoms in total. The summed E-state index contributed by atoms with van der Waals surface area (Å²) < 4.78 is 27.6. The van der Waals surface area contributed by atoms with Gasteiger partial charge in [0.25, 0.3) is 0 Å². The van der Waals surface area contributed by atoms with Gasteiger partial charge < -0.3 is 10.4 Å². The molecule has 2 aromatic rings. The maximum absolute atomic E-state index is 14.0. The number of hydrogen-bond acceptors (Lipinski definition) is 2. The number of carboxylic acids is 1. The van der Waals surface area contributed by atoms with Crippen LogP contribution in [0.2, 0.25) is 5.02 Å². The van der Waals surface area contributed by atoms with Crippen LogP contribution in [0.5, 0.6) is 0 Å². The molecule has 110 valence electrons. The number of carboxylic acid groups (broad SMARTS) is 1. The Kier molecular flexibility index (Phi) is 4.14. The summed E-state index contributed by atoms with van der Waals surface area (Å²) in [4.78, 5) is 11.2. The predicted octanol–water partition coefficient (Wildman–Crippen LogP) is 4.68. The molecule has 0 spiro atoms. The van der Waals surface area contributed by atoms with Gasteiger partial charge in [-0.3, -0.25) is 0 Å². The van der Waals surface area contributed by atoms with Crippen LogP contribution in [0.3, 0.4) is 0 Å². The van der Waals surface area contributed by atoms with Gasteiger partial charge >= 0.3 is 5.97 Å². The van der Waals surface area contributed by atoms with Crippen molar-refractivity contribution in [3.8, 4) is 0 Å². The van der Waals surface area contributed by atoms with Crippen molar-refractivity contribution < 1.29 is 18.7 Å². The van der Waals surface area contributed by atoms with E-state index in [0.29, 0.717) is 5.69 Å². The number of aromatic carboxylic acids is 1. The second-order valence-electron chi connectivity index (χ2n) is 4.66. The van der Waals surface area contributed by atoms with Crippen molar-refractivity contribution in [2.45, 2.75) is 13.8 Å². The smallest absolute Gasteiger partial charge is 0.337 e. The van der Waals surface area contributed by atoms with Crippen LogP contribution in [-0.4, -0.2) is 11.1 Å². The lowest BCUT2D eigenvalue weighted by Gasteiger charge is -2.14. The number of anilines is 2. The number of nitrogens with one attached hydrogen (secondary N) is 1. The van der Waals surface area contributed by atoms with Gasteiger partial charge in [0.05, 0.1) is 16.3 Å². The van der Waals surface area contributed by atoms with E-state index in [1.807, 2.05) is 13.0 Å². The molecule has 0 aliphatic carbocycles. The van der Waals surface area contributed by atoms with Crippen LogP contribution in [0.15, 0.2) is 24.3 Å². The fourth-order valence-electron chi connectivity index (χ4n) is 1.97. The molecule has 0 radical (unpaired) electrons. The summed E-state index contributed by atoms with van der Waals surface area (Å²) in [5, 5.41) is 11.2. The second-order valence-corrected chi connectivity index (χ2v) is 5.06. The Bertz CT molecular complexity index is 732. The van der Waals surface area contributed by atoms with Gasteiger partial charge in [0.15, 0.2) is 11.6 Å². The highest BCUT2D eigenvalue weighted by Gasteiger charge is 2.22. The van der Waals surface area contributed by atoms with E-state index in [2.05, 4.69) is 5.32 Å². The Morgan fingerprint density at radius 1 is 1.19 bits per heavy atom. The Morgan fingerprint density at radius 2 is 1.86 bits per heavy atom. The van der Waals surface area contributed by atoms with Crippen LogP contribution < -0.4 is 5.32 Å². The molecule has 0 heterocycles. The Hall–Kier alpha value is -2.14. The first kappa shape index (κ1) is 15.3. The lowest BCUT2D eigenvalue weighted by molar-refractivity contribution is 0.0697. The molecular formula is C15H12ClF2NO2. The van der Waals surface area contributed by atoms with Gasteiger partial charge in [-0.25, -0.2) is 13.6 Å². The molecule has 0 bridgehead atoms. The molecule has 0 saturated heterocycles. The molecule has 0 aliphatic rings. The van der Waals surface area contributed by atoms with Crippen molar-refractivity contribution in [2.24, 2.45) is 0 Å². The zero-order valence-electron chi connectivity index (χ0n) is 11.3. The summed E-state index contributed by atoms with van der Waals surface area (Å²) in [6, 6.07) is 6.17. The van der Waals surface area contributed by atoms with Gasteiger partial charge in [-0.05, 0) is 31.5 Å². The summed E-state index contributed by atoms with van der Waals surface area (Å²) >= 11 is 5.48. The maximum Gasteiger partial charge on any atom is 0.337 e. The molecule has 6 heteroatoms. The highest BCUT2D eigenvalue weighted by atomic mass is 35.5. The molecule has 0 amide bonds. The molecule has 0 unspecified atom stereocenters. The summed E-state index contributed by atoms with van der Waals surface area (Å²) in [5.41, 5.74) is 1.39. The third-order valence-electron chi connectivity index (χ3n) is 3.03. The summed E-state index contributed by atoms with van der Waals surface area (Å²) in [6.07, 6.45) is 0. The first-order valence-corrected chi connectivity index (χ1v) is 6.44. The van der Waals surface area contributed by atoms with E-state index in [1.54, 1.807) is 19.1 Å². The minimum Gasteiger partial charge on any atom is -0.478 e. The normalized spacial score (nSPS) is 10.5. The van der Waals surface area contributed by atoms with Gasteiger partial charge in [-0.1, -0.05) is 29.3 Å². The van der Waals surface area contributed by atoms with Crippen molar-refractivity contribution in [3.63, 3.8) is 0 Å². The monoisotopic (exact) mass is 311 g/mol. The average Bonchev–Trinajstić information content (AvgIpc) is 2.41. The van der Waals surface area contributed by atoms with E-state index in [4.69, 9.17) is 16.7 Å². The summed E-state index contributed by atoms with van der Waals surface area (Å²) in [5.74, 6) is -4.00. The highest BCUT2D eigenvalue weighted by Crippen LogP contribution is 2.32. The number of hydrogen-bond donors (Lipinski definition) is 2. The first-order valence-electron chi connectivity index (χ1n) is 6.06. The standard InChI is InChI=1S/C15H12ClF2NO2/c1-7-3-4-11(8(2)5-7)19-14-9(15(20)21)6-10(16)12(17)13(14)18/h3-6,19H,1-2H3,(H,20,21). The largest absolute Gasteiger partial charge is 0.478 e. The topological polar surface area (TPSA) is 49.3 Å². The average molecular weight is 312 g/mol. The van der Waals surface area contributed by atoms with Crippen LogP contribution in [0, 0.1) is 25.5 Å². The minimum atomic E-state index is -1.40. The van der Waals surface area contributed by atoms with Crippen LogP contribution in [-0.2, 0) is 0 Å². The molecule has 0 aromatic heterocycles. The number of carbonyl (C=O) groups is 1. The van der Waals surface area contributed by atoms with Crippen LogP contribution in [0.4, 0.5) is 20.2 Å². The lowest BCUT2D eigenvalue weighted by Crippen LogP contribution is -2.08. The molecule has 0 aliphatic heterocycles. The van der Waals surface area contributed by atoms with Gasteiger partial charge in [-0.2, -0.15) is 0 Å². The van der Waals surface area contributed by atoms with E-state index in [-0.39, 0.29) is 0 Å². The fourth-order valence-corrected chi connectivity index (χ4v) is 2.17. The van der Waals surface area contributed by atoms with E-state index in [0.717, 1.165) is 17.2 Å². The van der Waals surface area contributed by atoms with Crippen LogP contribution in [0.25, 0.3) is 0 Å². The minimum absolute atomic E-state index is 0.432. The van der Waals surface area contributed by atoms with E-state index in [1.165, 1.54) is 0 Å². The first-order chi connectivity index (χ1) is 9.81. The molecule has 21 heavy (non-hydrogen) atoms. The van der Waals surface area contributed by atoms with E-state index < -0.39 is 33.9 Å². The second kappa shape index (κ2) is 5.69. The third-order valence-corrected chi connectivity index (χ3v) is 3.31. The van der Waals surface area contributed by atoms with Crippen molar-refractivity contribution >= 4 is 28.9 Å². The molecule has 0 fully saturated rings. The molecule has 2 N–H and O–H groups in total. The highest BCUT2D eigenvalue weighted by molar-refractivity contribution is 6.31. The van der Waals surface area contributed by atoms with Gasteiger partial charge in [0, 0.05) is 5.69 Å². The van der Waals surface area contributed by atoms with Crippen molar-refractivity contribution in [1.29, 1.82) is 0 Å². The fraction of sp³-hybridized carbons (Fsp3) is 0.133. The molecule has 0 saturated carbocycles. The number of rotatable bonds is 3. The Morgan fingerprint density at radius 3 is 2.43 bits per heavy atom. The molecule has 2 rings (SSSR count).